The molecule has 1 aliphatic heterocycles. The molecule has 0 saturated carbocycles. The lowest BCUT2D eigenvalue weighted by atomic mass is 9.96. The maximum atomic E-state index is 13.6. The van der Waals surface area contributed by atoms with Crippen LogP contribution in [-0.4, -0.2) is 56.2 Å². The molecule has 0 N–H and O–H groups in total. The highest BCUT2D eigenvalue weighted by atomic mass is 16.5. The zero-order valence-electron chi connectivity index (χ0n) is 18.5. The van der Waals surface area contributed by atoms with E-state index >= 15 is 0 Å². The molecule has 3 heterocycles. The van der Waals surface area contributed by atoms with Crippen LogP contribution in [0.4, 0.5) is 0 Å². The van der Waals surface area contributed by atoms with Crippen LogP contribution in [0, 0.1) is 6.92 Å². The molecule has 4 aromatic rings. The van der Waals surface area contributed by atoms with E-state index in [2.05, 4.69) is 20.5 Å². The molecule has 1 aliphatic rings. The number of likely N-dealkylation sites (tertiary alicyclic amines) is 1. The number of fused-ring (bicyclic) bond motifs is 1. The van der Waals surface area contributed by atoms with Crippen molar-refractivity contribution in [3.05, 3.63) is 65.8 Å². The van der Waals surface area contributed by atoms with Crippen LogP contribution in [0.3, 0.4) is 0 Å². The molecule has 33 heavy (non-hydrogen) atoms. The van der Waals surface area contributed by atoms with E-state index in [9.17, 15) is 4.79 Å². The third kappa shape index (κ3) is 4.21. The molecule has 1 fully saturated rings. The molecule has 1 saturated heterocycles. The zero-order chi connectivity index (χ0) is 22.8. The number of tetrazole rings is 1. The summed E-state index contributed by atoms with van der Waals surface area (Å²) in [6, 6.07) is 15.3. The Morgan fingerprint density at radius 2 is 1.97 bits per heavy atom. The van der Waals surface area contributed by atoms with Crippen LogP contribution in [-0.2, 0) is 4.79 Å². The van der Waals surface area contributed by atoms with Gasteiger partial charge in [0.2, 0.25) is 0 Å². The highest BCUT2D eigenvalue weighted by Crippen LogP contribution is 2.31. The predicted octanol–water partition coefficient (Wildman–Crippen LogP) is 3.54. The van der Waals surface area contributed by atoms with Crippen molar-refractivity contribution in [1.29, 1.82) is 0 Å². The number of rotatable bonds is 5. The molecule has 0 aliphatic carbocycles. The van der Waals surface area contributed by atoms with Crippen LogP contribution in [0.5, 0.6) is 5.75 Å². The number of carbonyl (C=O) groups excluding carboxylic acids is 1. The fraction of sp³-hybridized carbons (Fsp3) is 0.292. The number of aromatic nitrogens is 5. The van der Waals surface area contributed by atoms with E-state index in [4.69, 9.17) is 9.15 Å². The highest BCUT2D eigenvalue weighted by Gasteiger charge is 2.30. The quantitative estimate of drug-likeness (QED) is 0.434. The Morgan fingerprint density at radius 1 is 1.15 bits per heavy atom. The van der Waals surface area contributed by atoms with Crippen molar-refractivity contribution in [3.63, 3.8) is 0 Å². The SMILES string of the molecule is COc1cccc(/C=C(/C(=O)N2CCC(c3nc4ccccc4o3)CC2)n2nnnc2C)c1. The van der Waals surface area contributed by atoms with Gasteiger partial charge in [0.15, 0.2) is 17.3 Å². The monoisotopic (exact) mass is 444 g/mol. The van der Waals surface area contributed by atoms with Crippen molar-refractivity contribution in [3.8, 4) is 5.75 Å². The first kappa shape index (κ1) is 20.9. The van der Waals surface area contributed by atoms with E-state index in [0.717, 1.165) is 35.4 Å². The number of para-hydroxylation sites is 2. The van der Waals surface area contributed by atoms with Crippen LogP contribution in [0.15, 0.2) is 52.9 Å². The number of piperidine rings is 1. The van der Waals surface area contributed by atoms with Gasteiger partial charge in [0.05, 0.1) is 7.11 Å². The summed E-state index contributed by atoms with van der Waals surface area (Å²) in [5.74, 6) is 2.06. The lowest BCUT2D eigenvalue weighted by molar-refractivity contribution is -0.126. The maximum absolute atomic E-state index is 13.6. The summed E-state index contributed by atoms with van der Waals surface area (Å²) >= 11 is 0. The Hall–Kier alpha value is -4.01. The molecule has 168 valence electrons. The first-order chi connectivity index (χ1) is 16.1. The van der Waals surface area contributed by atoms with Gasteiger partial charge in [-0.1, -0.05) is 24.3 Å². The second-order valence-corrected chi connectivity index (χ2v) is 8.03. The number of aryl methyl sites for hydroxylation is 1. The van der Waals surface area contributed by atoms with Crippen LogP contribution >= 0.6 is 0 Å². The van der Waals surface area contributed by atoms with Crippen molar-refractivity contribution in [1.82, 2.24) is 30.1 Å². The fourth-order valence-electron chi connectivity index (χ4n) is 4.11. The van der Waals surface area contributed by atoms with E-state index < -0.39 is 0 Å². The Labute approximate surface area is 190 Å². The minimum atomic E-state index is -0.121. The summed E-state index contributed by atoms with van der Waals surface area (Å²) in [6.07, 6.45) is 3.35. The number of nitrogens with zero attached hydrogens (tertiary/aromatic N) is 6. The number of benzene rings is 2. The molecule has 0 radical (unpaired) electrons. The van der Waals surface area contributed by atoms with Crippen LogP contribution < -0.4 is 4.74 Å². The molecule has 0 atom stereocenters. The van der Waals surface area contributed by atoms with Gasteiger partial charge in [-0.25, -0.2) is 4.98 Å². The standard InChI is InChI=1S/C24H24N6O3/c1-16-26-27-28-30(16)21(15-17-6-5-7-19(14-17)32-2)24(31)29-12-10-18(11-13-29)23-25-20-8-3-4-9-22(20)33-23/h3-9,14-15,18H,10-13H2,1-2H3/b21-15-. The van der Waals surface area contributed by atoms with Crippen molar-refractivity contribution in [2.24, 2.45) is 0 Å². The lowest BCUT2D eigenvalue weighted by Gasteiger charge is -2.31. The summed E-state index contributed by atoms with van der Waals surface area (Å²) in [4.78, 5) is 20.0. The number of hydrogen-bond acceptors (Lipinski definition) is 7. The Morgan fingerprint density at radius 3 is 2.70 bits per heavy atom. The molecular weight excluding hydrogens is 420 g/mol. The van der Waals surface area contributed by atoms with E-state index in [-0.39, 0.29) is 11.8 Å². The Bertz CT molecular complexity index is 1280. The molecule has 9 heteroatoms. The van der Waals surface area contributed by atoms with Gasteiger partial charge in [-0.15, -0.1) is 5.10 Å². The minimum Gasteiger partial charge on any atom is -0.497 e. The van der Waals surface area contributed by atoms with Crippen LogP contribution in [0.1, 0.15) is 36.0 Å². The number of carbonyl (C=O) groups is 1. The van der Waals surface area contributed by atoms with Gasteiger partial charge in [-0.05, 0) is 66.1 Å². The average molecular weight is 444 g/mol. The largest absolute Gasteiger partial charge is 0.497 e. The second kappa shape index (κ2) is 8.85. The number of methoxy groups -OCH3 is 1. The van der Waals surface area contributed by atoms with E-state index in [1.54, 1.807) is 20.1 Å². The van der Waals surface area contributed by atoms with Crippen LogP contribution in [0.25, 0.3) is 22.9 Å². The third-order valence-corrected chi connectivity index (χ3v) is 5.91. The summed E-state index contributed by atoms with van der Waals surface area (Å²) in [5.41, 5.74) is 2.88. The lowest BCUT2D eigenvalue weighted by Crippen LogP contribution is -2.39. The van der Waals surface area contributed by atoms with Gasteiger partial charge in [-0.3, -0.25) is 4.79 Å². The van der Waals surface area contributed by atoms with Gasteiger partial charge in [0, 0.05) is 19.0 Å². The van der Waals surface area contributed by atoms with Crippen molar-refractivity contribution in [2.45, 2.75) is 25.7 Å². The molecule has 0 unspecified atom stereocenters. The van der Waals surface area contributed by atoms with Gasteiger partial charge in [-0.2, -0.15) is 4.68 Å². The minimum absolute atomic E-state index is 0.121. The van der Waals surface area contributed by atoms with E-state index in [1.165, 1.54) is 4.68 Å². The zero-order valence-corrected chi connectivity index (χ0v) is 18.5. The van der Waals surface area contributed by atoms with E-state index in [0.29, 0.717) is 30.4 Å². The molecule has 0 bridgehead atoms. The second-order valence-electron chi connectivity index (χ2n) is 8.03. The summed E-state index contributed by atoms with van der Waals surface area (Å²) in [6.45, 7) is 2.96. The average Bonchev–Trinajstić information content (AvgIpc) is 3.48. The normalized spacial score (nSPS) is 15.2. The van der Waals surface area contributed by atoms with Crippen molar-refractivity contribution in [2.75, 3.05) is 20.2 Å². The topological polar surface area (TPSA) is 99.2 Å². The molecular formula is C24H24N6O3. The maximum Gasteiger partial charge on any atom is 0.272 e. The van der Waals surface area contributed by atoms with Gasteiger partial charge >= 0.3 is 0 Å². The molecule has 5 rings (SSSR count). The first-order valence-electron chi connectivity index (χ1n) is 10.9. The Kier molecular flexibility index (Phi) is 5.60. The number of oxazole rings is 1. The first-order valence-corrected chi connectivity index (χ1v) is 10.9. The highest BCUT2D eigenvalue weighted by molar-refractivity contribution is 6.18. The van der Waals surface area contributed by atoms with Gasteiger partial charge < -0.3 is 14.1 Å². The smallest absolute Gasteiger partial charge is 0.272 e. The molecule has 2 aromatic heterocycles. The summed E-state index contributed by atoms with van der Waals surface area (Å²) in [5, 5.41) is 11.7. The van der Waals surface area contributed by atoms with Crippen LogP contribution in [0.2, 0.25) is 0 Å². The van der Waals surface area contributed by atoms with Crippen molar-refractivity contribution >= 4 is 28.8 Å². The summed E-state index contributed by atoms with van der Waals surface area (Å²) in [7, 11) is 1.61. The molecule has 2 aromatic carbocycles. The molecule has 1 amide bonds. The molecule has 0 spiro atoms. The number of hydrogen-bond donors (Lipinski definition) is 0. The number of amides is 1. The number of ether oxygens (including phenoxy) is 1. The predicted molar refractivity (Wildman–Crippen MR) is 122 cm³/mol. The third-order valence-electron chi connectivity index (χ3n) is 5.91. The van der Waals surface area contributed by atoms with Crippen molar-refractivity contribution < 1.29 is 13.9 Å². The molecule has 9 nitrogen and oxygen atoms in total. The summed E-state index contributed by atoms with van der Waals surface area (Å²) < 4.78 is 12.8. The van der Waals surface area contributed by atoms with Gasteiger partial charge in [0.25, 0.3) is 5.91 Å². The Balaban J connectivity index is 1.37. The van der Waals surface area contributed by atoms with Gasteiger partial charge in [0.1, 0.15) is 17.0 Å². The van der Waals surface area contributed by atoms with E-state index in [1.807, 2.05) is 53.4 Å². The fourth-order valence-corrected chi connectivity index (χ4v) is 4.11.